The Morgan fingerprint density at radius 1 is 1.18 bits per heavy atom. The van der Waals surface area contributed by atoms with E-state index in [1.807, 2.05) is 20.8 Å². The maximum Gasteiger partial charge on any atom is 0.355 e. The molecular weight excluding hydrogens is 602 g/mol. The lowest BCUT2D eigenvalue weighted by Crippen LogP contribution is -2.54. The van der Waals surface area contributed by atoms with E-state index in [2.05, 4.69) is 21.9 Å². The third-order valence-corrected chi connectivity index (χ3v) is 8.31. The van der Waals surface area contributed by atoms with Gasteiger partial charge in [0.1, 0.15) is 16.5 Å². The van der Waals surface area contributed by atoms with E-state index < -0.39 is 57.0 Å². The lowest BCUT2D eigenvalue weighted by Gasteiger charge is -2.40. The number of hydrogen-bond donors (Lipinski definition) is 2. The molecule has 2 atom stereocenters. The minimum absolute atomic E-state index is 0.0409. The number of carbonyl (C=O) groups excluding carboxylic acids is 1. The van der Waals surface area contributed by atoms with E-state index in [-0.39, 0.29) is 54.4 Å². The summed E-state index contributed by atoms with van der Waals surface area (Å²) >= 11 is 5.83. The standard InChI is InChI=1S/C30H30ClF4N7O2/c1-6-18(43)41-10-9-40(12-15(41)5)28-16-11-17(32)26(19-21(33)23(35)22(34)20(31)24(19)36)38-29(16)42(30(44)39-28)27-14(4)7-8-37-25(27)13(2)3/h6-8,11,13,15,25,37H,1,9-10,12,36H2,2-5H3/t15-,25?/m1/s1. The van der Waals surface area contributed by atoms with Crippen LogP contribution in [0.2, 0.25) is 5.02 Å². The average molecular weight is 632 g/mol. The van der Waals surface area contributed by atoms with Gasteiger partial charge in [0.25, 0.3) is 0 Å². The highest BCUT2D eigenvalue weighted by atomic mass is 35.5. The number of aromatic nitrogens is 3. The highest BCUT2D eigenvalue weighted by Crippen LogP contribution is 2.40. The molecule has 1 amide bonds. The second-order valence-electron chi connectivity index (χ2n) is 11.1. The fourth-order valence-electron chi connectivity index (χ4n) is 5.72. The first-order valence-corrected chi connectivity index (χ1v) is 14.2. The van der Waals surface area contributed by atoms with Gasteiger partial charge in [0.05, 0.1) is 28.4 Å². The number of piperazine rings is 1. The number of nitrogens with zero attached hydrogens (tertiary/aromatic N) is 5. The number of carbonyl (C=O) groups is 1. The van der Waals surface area contributed by atoms with Crippen LogP contribution < -0.4 is 21.6 Å². The number of pyridine rings is 1. The van der Waals surface area contributed by atoms with Gasteiger partial charge in [-0.15, -0.1) is 0 Å². The highest BCUT2D eigenvalue weighted by molar-refractivity contribution is 6.34. The summed E-state index contributed by atoms with van der Waals surface area (Å²) in [4.78, 5) is 38.3. The van der Waals surface area contributed by atoms with Crippen LogP contribution >= 0.6 is 11.6 Å². The normalized spacial score (nSPS) is 18.8. The molecule has 2 aliphatic rings. The molecule has 3 N–H and O–H groups in total. The molecule has 2 aliphatic heterocycles. The second kappa shape index (κ2) is 11.6. The quantitative estimate of drug-likeness (QED) is 0.136. The maximum atomic E-state index is 15.9. The van der Waals surface area contributed by atoms with E-state index in [9.17, 15) is 18.4 Å². The number of rotatable bonds is 5. The van der Waals surface area contributed by atoms with Crippen molar-refractivity contribution in [2.75, 3.05) is 30.3 Å². The van der Waals surface area contributed by atoms with Crippen LogP contribution in [0.5, 0.6) is 0 Å². The number of nitrogens with one attached hydrogen (secondary N) is 1. The van der Waals surface area contributed by atoms with E-state index in [1.165, 1.54) is 10.6 Å². The number of allylic oxidation sites excluding steroid dienone is 2. The number of amides is 1. The molecule has 0 saturated carbocycles. The van der Waals surface area contributed by atoms with Crippen molar-refractivity contribution in [3.8, 4) is 11.3 Å². The number of fused-ring (bicyclic) bond motifs is 1. The van der Waals surface area contributed by atoms with Gasteiger partial charge >= 0.3 is 5.69 Å². The van der Waals surface area contributed by atoms with Crippen LogP contribution in [0.3, 0.4) is 0 Å². The summed E-state index contributed by atoms with van der Waals surface area (Å²) in [6, 6.07) is 0.283. The van der Waals surface area contributed by atoms with Crippen LogP contribution in [0, 0.1) is 29.2 Å². The predicted octanol–water partition coefficient (Wildman–Crippen LogP) is 4.85. The molecule has 3 aromatic rings. The SMILES string of the molecule is C=CC(=O)N1CCN(c2nc(=O)n(C3=C(C)C=CNC3C(C)C)c3nc(-c4c(N)c(Cl)c(F)c(F)c4F)c(F)cc23)C[C@H]1C. The van der Waals surface area contributed by atoms with Gasteiger partial charge in [0.2, 0.25) is 5.91 Å². The number of nitrogen functional groups attached to an aromatic ring is 1. The van der Waals surface area contributed by atoms with Crippen molar-refractivity contribution in [3.05, 3.63) is 75.3 Å². The lowest BCUT2D eigenvalue weighted by atomic mass is 9.95. The largest absolute Gasteiger partial charge is 0.397 e. The predicted molar refractivity (Wildman–Crippen MR) is 162 cm³/mol. The maximum absolute atomic E-state index is 15.9. The molecule has 0 bridgehead atoms. The van der Waals surface area contributed by atoms with Crippen LogP contribution in [0.25, 0.3) is 28.0 Å². The van der Waals surface area contributed by atoms with Gasteiger partial charge in [-0.05, 0) is 49.8 Å². The molecule has 4 heterocycles. The number of hydrogen-bond acceptors (Lipinski definition) is 7. The summed E-state index contributed by atoms with van der Waals surface area (Å²) in [7, 11) is 0. The van der Waals surface area contributed by atoms with Crippen molar-refractivity contribution in [2.24, 2.45) is 5.92 Å². The zero-order valence-electron chi connectivity index (χ0n) is 24.4. The topological polar surface area (TPSA) is 109 Å². The zero-order chi connectivity index (χ0) is 32.2. The molecular formula is C30H30ClF4N7O2. The molecule has 232 valence electrons. The molecule has 1 unspecified atom stereocenters. The van der Waals surface area contributed by atoms with Gasteiger partial charge < -0.3 is 20.9 Å². The Labute approximate surface area is 255 Å². The number of anilines is 2. The Balaban J connectivity index is 1.83. The Bertz CT molecular complexity index is 1810. The summed E-state index contributed by atoms with van der Waals surface area (Å²) in [6.45, 7) is 11.8. The highest BCUT2D eigenvalue weighted by Gasteiger charge is 2.33. The van der Waals surface area contributed by atoms with Crippen molar-refractivity contribution in [3.63, 3.8) is 0 Å². The zero-order valence-corrected chi connectivity index (χ0v) is 25.1. The fraction of sp³-hybridized carbons (Fsp3) is 0.333. The van der Waals surface area contributed by atoms with E-state index in [4.69, 9.17) is 17.3 Å². The average Bonchev–Trinajstić information content (AvgIpc) is 2.99. The van der Waals surface area contributed by atoms with Gasteiger partial charge in [0.15, 0.2) is 28.9 Å². The van der Waals surface area contributed by atoms with Crippen molar-refractivity contribution < 1.29 is 22.4 Å². The van der Waals surface area contributed by atoms with Gasteiger partial charge in [0, 0.05) is 25.7 Å². The molecule has 0 spiro atoms. The molecule has 0 radical (unpaired) electrons. The van der Waals surface area contributed by atoms with Crippen LogP contribution in [0.1, 0.15) is 27.7 Å². The van der Waals surface area contributed by atoms with Crippen LogP contribution in [0.15, 0.2) is 41.4 Å². The van der Waals surface area contributed by atoms with Crippen LogP contribution in [0.4, 0.5) is 29.1 Å². The molecule has 0 aliphatic carbocycles. The van der Waals surface area contributed by atoms with Gasteiger partial charge in [-0.3, -0.25) is 4.79 Å². The third kappa shape index (κ3) is 4.98. The molecule has 2 aromatic heterocycles. The Morgan fingerprint density at radius 3 is 2.52 bits per heavy atom. The fourth-order valence-corrected chi connectivity index (χ4v) is 5.90. The van der Waals surface area contributed by atoms with Crippen molar-refractivity contribution in [1.29, 1.82) is 0 Å². The summed E-state index contributed by atoms with van der Waals surface area (Å²) in [5.41, 5.74) is 3.71. The number of halogens is 5. The van der Waals surface area contributed by atoms with Crippen molar-refractivity contribution >= 4 is 45.7 Å². The minimum atomic E-state index is -1.95. The van der Waals surface area contributed by atoms with E-state index >= 15 is 8.78 Å². The molecule has 1 fully saturated rings. The van der Waals surface area contributed by atoms with Crippen molar-refractivity contribution in [2.45, 2.75) is 39.8 Å². The lowest BCUT2D eigenvalue weighted by molar-refractivity contribution is -0.128. The summed E-state index contributed by atoms with van der Waals surface area (Å²) in [5, 5.41) is 2.37. The van der Waals surface area contributed by atoms with E-state index in [0.29, 0.717) is 11.3 Å². The second-order valence-corrected chi connectivity index (χ2v) is 11.5. The molecule has 1 aromatic carbocycles. The first-order chi connectivity index (χ1) is 20.8. The first-order valence-electron chi connectivity index (χ1n) is 13.8. The summed E-state index contributed by atoms with van der Waals surface area (Å²) < 4.78 is 61.0. The Kier molecular flexibility index (Phi) is 8.19. The summed E-state index contributed by atoms with van der Waals surface area (Å²) in [6.07, 6.45) is 4.70. The summed E-state index contributed by atoms with van der Waals surface area (Å²) in [5.74, 6) is -6.80. The minimum Gasteiger partial charge on any atom is -0.397 e. The number of dihydropyridines is 1. The Hall–Kier alpha value is -4.39. The van der Waals surface area contributed by atoms with Gasteiger partial charge in [-0.2, -0.15) is 4.98 Å². The Morgan fingerprint density at radius 2 is 1.89 bits per heavy atom. The third-order valence-electron chi connectivity index (χ3n) is 7.94. The van der Waals surface area contributed by atoms with Crippen LogP contribution in [-0.4, -0.2) is 57.1 Å². The molecule has 14 heteroatoms. The number of nitrogens with two attached hydrogens (primary N) is 1. The molecule has 5 rings (SSSR count). The van der Waals surface area contributed by atoms with Crippen LogP contribution in [-0.2, 0) is 4.79 Å². The van der Waals surface area contributed by atoms with Gasteiger partial charge in [-0.25, -0.2) is 31.9 Å². The molecule has 44 heavy (non-hydrogen) atoms. The monoisotopic (exact) mass is 631 g/mol. The van der Waals surface area contributed by atoms with Gasteiger partial charge in [-0.1, -0.05) is 32.0 Å². The molecule has 1 saturated heterocycles. The number of benzene rings is 1. The first kappa shape index (κ1) is 31.0. The molecule has 9 nitrogen and oxygen atoms in total. The van der Waals surface area contributed by atoms with Crippen molar-refractivity contribution in [1.82, 2.24) is 24.8 Å². The van der Waals surface area contributed by atoms with E-state index in [0.717, 1.165) is 6.07 Å². The van der Waals surface area contributed by atoms with E-state index in [1.54, 1.807) is 29.0 Å². The smallest absolute Gasteiger partial charge is 0.355 e.